The molecule has 0 fully saturated rings. The molecule has 0 aliphatic heterocycles. The van der Waals surface area contributed by atoms with Gasteiger partial charge in [0.25, 0.3) is 0 Å². The number of hydrogen-bond donors (Lipinski definition) is 1. The molecule has 0 aliphatic rings. The Kier molecular flexibility index (Phi) is 3.78. The monoisotopic (exact) mass is 215 g/mol. The van der Waals surface area contributed by atoms with Crippen molar-refractivity contribution >= 4 is 10.8 Å². The van der Waals surface area contributed by atoms with E-state index in [-0.39, 0.29) is 0 Å². The smallest absolute Gasteiger partial charge is 0.119 e. The molecule has 0 aromatic heterocycles. The van der Waals surface area contributed by atoms with Crippen LogP contribution in [0.4, 0.5) is 0 Å². The van der Waals surface area contributed by atoms with Crippen LogP contribution in [0, 0.1) is 0 Å². The Morgan fingerprint density at radius 2 is 1.88 bits per heavy atom. The van der Waals surface area contributed by atoms with Crippen molar-refractivity contribution in [2.45, 2.75) is 6.42 Å². The minimum atomic E-state index is 0.763. The second kappa shape index (κ2) is 5.52. The summed E-state index contributed by atoms with van der Waals surface area (Å²) in [7, 11) is 1.95. The van der Waals surface area contributed by atoms with E-state index in [4.69, 9.17) is 4.74 Å². The molecule has 16 heavy (non-hydrogen) atoms. The summed E-state index contributed by atoms with van der Waals surface area (Å²) in [6, 6.07) is 14.5. The van der Waals surface area contributed by atoms with Crippen molar-refractivity contribution < 1.29 is 4.74 Å². The van der Waals surface area contributed by atoms with Crippen LogP contribution < -0.4 is 10.1 Å². The largest absolute Gasteiger partial charge is 0.494 e. The van der Waals surface area contributed by atoms with E-state index in [0.717, 1.165) is 25.3 Å². The van der Waals surface area contributed by atoms with Crippen LogP contribution in [0.25, 0.3) is 10.8 Å². The van der Waals surface area contributed by atoms with Gasteiger partial charge < -0.3 is 10.1 Å². The van der Waals surface area contributed by atoms with Gasteiger partial charge in [-0.25, -0.2) is 0 Å². The van der Waals surface area contributed by atoms with E-state index in [1.165, 1.54) is 10.8 Å². The molecule has 0 unspecified atom stereocenters. The number of ether oxygens (including phenoxy) is 1. The molecule has 1 N–H and O–H groups in total. The second-order valence-corrected chi connectivity index (χ2v) is 3.81. The van der Waals surface area contributed by atoms with Gasteiger partial charge in [0.1, 0.15) is 5.75 Å². The van der Waals surface area contributed by atoms with Crippen molar-refractivity contribution in [2.75, 3.05) is 20.2 Å². The van der Waals surface area contributed by atoms with Gasteiger partial charge in [0.2, 0.25) is 0 Å². The second-order valence-electron chi connectivity index (χ2n) is 3.81. The summed E-state index contributed by atoms with van der Waals surface area (Å²) in [6.07, 6.45) is 1.03. The van der Waals surface area contributed by atoms with Crippen molar-refractivity contribution in [3.63, 3.8) is 0 Å². The zero-order valence-electron chi connectivity index (χ0n) is 9.57. The standard InChI is InChI=1S/C14H17NO/c1-15-9-4-10-16-14-8-7-12-5-2-3-6-13(12)11-14/h2-3,5-8,11,15H,4,9-10H2,1H3. The lowest BCUT2D eigenvalue weighted by atomic mass is 10.1. The molecule has 0 heterocycles. The molecular formula is C14H17NO. The summed E-state index contributed by atoms with van der Waals surface area (Å²) in [6.45, 7) is 1.76. The Bertz CT molecular complexity index is 453. The molecule has 0 aliphatic carbocycles. The molecular weight excluding hydrogens is 198 g/mol. The number of fused-ring (bicyclic) bond motifs is 1. The Morgan fingerprint density at radius 1 is 1.06 bits per heavy atom. The lowest BCUT2D eigenvalue weighted by Crippen LogP contribution is -2.11. The normalized spacial score (nSPS) is 10.6. The SMILES string of the molecule is CNCCCOc1ccc2ccccc2c1. The summed E-state index contributed by atoms with van der Waals surface area (Å²) in [5, 5.41) is 5.59. The first-order valence-corrected chi connectivity index (χ1v) is 5.66. The van der Waals surface area contributed by atoms with Gasteiger partial charge in [0.15, 0.2) is 0 Å². The predicted molar refractivity (Wildman–Crippen MR) is 68.0 cm³/mol. The minimum absolute atomic E-state index is 0.763. The van der Waals surface area contributed by atoms with E-state index in [1.807, 2.05) is 19.2 Å². The maximum absolute atomic E-state index is 5.68. The molecule has 0 bridgehead atoms. The Balaban J connectivity index is 2.02. The van der Waals surface area contributed by atoms with Crippen molar-refractivity contribution in [2.24, 2.45) is 0 Å². The molecule has 2 heteroatoms. The van der Waals surface area contributed by atoms with Crippen LogP contribution in [0.5, 0.6) is 5.75 Å². The molecule has 2 aromatic carbocycles. The van der Waals surface area contributed by atoms with Crippen molar-refractivity contribution in [3.8, 4) is 5.75 Å². The molecule has 0 radical (unpaired) electrons. The maximum Gasteiger partial charge on any atom is 0.119 e. The highest BCUT2D eigenvalue weighted by Crippen LogP contribution is 2.20. The molecule has 2 nitrogen and oxygen atoms in total. The van der Waals surface area contributed by atoms with Crippen LogP contribution in [0.2, 0.25) is 0 Å². The van der Waals surface area contributed by atoms with E-state index in [0.29, 0.717) is 0 Å². The van der Waals surface area contributed by atoms with Crippen LogP contribution >= 0.6 is 0 Å². The van der Waals surface area contributed by atoms with Crippen LogP contribution in [0.3, 0.4) is 0 Å². The molecule has 2 rings (SSSR count). The molecule has 0 atom stereocenters. The maximum atomic E-state index is 5.68. The lowest BCUT2D eigenvalue weighted by molar-refractivity contribution is 0.310. The third kappa shape index (κ3) is 2.74. The Labute approximate surface area is 96.2 Å². The molecule has 0 saturated heterocycles. The van der Waals surface area contributed by atoms with Gasteiger partial charge in [-0.05, 0) is 42.9 Å². The fourth-order valence-corrected chi connectivity index (χ4v) is 1.70. The quantitative estimate of drug-likeness (QED) is 0.774. The average Bonchev–Trinajstić information content (AvgIpc) is 2.34. The highest BCUT2D eigenvalue weighted by Gasteiger charge is 1.96. The first-order valence-electron chi connectivity index (χ1n) is 5.66. The number of rotatable bonds is 5. The summed E-state index contributed by atoms with van der Waals surface area (Å²) in [5.74, 6) is 0.954. The Hall–Kier alpha value is -1.54. The van der Waals surface area contributed by atoms with Gasteiger partial charge in [0, 0.05) is 0 Å². The van der Waals surface area contributed by atoms with E-state index in [9.17, 15) is 0 Å². The van der Waals surface area contributed by atoms with Gasteiger partial charge in [-0.15, -0.1) is 0 Å². The topological polar surface area (TPSA) is 21.3 Å². The minimum Gasteiger partial charge on any atom is -0.494 e. The summed E-state index contributed by atoms with van der Waals surface area (Å²) in [5.41, 5.74) is 0. The summed E-state index contributed by atoms with van der Waals surface area (Å²) >= 11 is 0. The van der Waals surface area contributed by atoms with Crippen LogP contribution in [-0.4, -0.2) is 20.2 Å². The van der Waals surface area contributed by atoms with E-state index < -0.39 is 0 Å². The average molecular weight is 215 g/mol. The first-order chi connectivity index (χ1) is 7.90. The van der Waals surface area contributed by atoms with Gasteiger partial charge in [-0.2, -0.15) is 0 Å². The number of benzene rings is 2. The Morgan fingerprint density at radius 3 is 2.69 bits per heavy atom. The third-order valence-corrected chi connectivity index (χ3v) is 2.56. The van der Waals surface area contributed by atoms with E-state index in [1.54, 1.807) is 0 Å². The van der Waals surface area contributed by atoms with Gasteiger partial charge in [-0.1, -0.05) is 30.3 Å². The highest BCUT2D eigenvalue weighted by atomic mass is 16.5. The third-order valence-electron chi connectivity index (χ3n) is 2.56. The fourth-order valence-electron chi connectivity index (χ4n) is 1.70. The van der Waals surface area contributed by atoms with E-state index >= 15 is 0 Å². The zero-order valence-corrected chi connectivity index (χ0v) is 9.57. The molecule has 0 saturated carbocycles. The van der Waals surface area contributed by atoms with Gasteiger partial charge >= 0.3 is 0 Å². The fraction of sp³-hybridized carbons (Fsp3) is 0.286. The first kappa shape index (κ1) is 11.0. The highest BCUT2D eigenvalue weighted by molar-refractivity contribution is 5.83. The van der Waals surface area contributed by atoms with Crippen LogP contribution in [0.15, 0.2) is 42.5 Å². The van der Waals surface area contributed by atoms with Crippen molar-refractivity contribution in [1.82, 2.24) is 5.32 Å². The molecule has 0 amide bonds. The van der Waals surface area contributed by atoms with Crippen LogP contribution in [-0.2, 0) is 0 Å². The van der Waals surface area contributed by atoms with Crippen LogP contribution in [0.1, 0.15) is 6.42 Å². The van der Waals surface area contributed by atoms with E-state index in [2.05, 4.69) is 35.6 Å². The van der Waals surface area contributed by atoms with Crippen molar-refractivity contribution in [1.29, 1.82) is 0 Å². The molecule has 84 valence electrons. The van der Waals surface area contributed by atoms with Gasteiger partial charge in [0.05, 0.1) is 6.61 Å². The zero-order chi connectivity index (χ0) is 11.2. The molecule has 0 spiro atoms. The number of hydrogen-bond acceptors (Lipinski definition) is 2. The number of nitrogens with one attached hydrogen (secondary N) is 1. The summed E-state index contributed by atoms with van der Waals surface area (Å²) in [4.78, 5) is 0. The van der Waals surface area contributed by atoms with Crippen molar-refractivity contribution in [3.05, 3.63) is 42.5 Å². The van der Waals surface area contributed by atoms with Gasteiger partial charge in [-0.3, -0.25) is 0 Å². The lowest BCUT2D eigenvalue weighted by Gasteiger charge is -2.06. The predicted octanol–water partition coefficient (Wildman–Crippen LogP) is 2.83. The molecule has 2 aromatic rings. The summed E-state index contributed by atoms with van der Waals surface area (Å²) < 4.78 is 5.68.